The third kappa shape index (κ3) is 10.8. The van der Waals surface area contributed by atoms with Gasteiger partial charge in [-0.05, 0) is 80.8 Å². The molecule has 3 rings (SSSR count). The van der Waals surface area contributed by atoms with E-state index >= 15 is 0 Å². The van der Waals surface area contributed by atoms with Crippen molar-refractivity contribution in [2.24, 2.45) is 11.8 Å². The van der Waals surface area contributed by atoms with Crippen molar-refractivity contribution >= 4 is 20.2 Å². The van der Waals surface area contributed by atoms with Crippen LogP contribution >= 0.6 is 0 Å². The zero-order chi connectivity index (χ0) is 37.1. The van der Waals surface area contributed by atoms with Crippen LogP contribution in [0.25, 0.3) is 0 Å². The van der Waals surface area contributed by atoms with E-state index in [1.165, 1.54) is 0 Å². The molecule has 10 heteroatoms. The van der Waals surface area contributed by atoms with E-state index in [9.17, 15) is 9.59 Å². The number of esters is 1. The molecule has 2 aliphatic rings. The molecular weight excluding hydrogens is 651 g/mol. The number of carbonyl (C=O) groups excluding carboxylic acids is 2. The highest BCUT2D eigenvalue weighted by atomic mass is 28.4. The number of nitrogens with zero attached hydrogens (tertiary/aromatic N) is 1. The lowest BCUT2D eigenvalue weighted by Crippen LogP contribution is -2.51. The van der Waals surface area contributed by atoms with E-state index < -0.39 is 20.3 Å². The van der Waals surface area contributed by atoms with Crippen molar-refractivity contribution in [2.75, 3.05) is 40.6 Å². The van der Waals surface area contributed by atoms with E-state index in [0.29, 0.717) is 43.4 Å². The number of benzene rings is 1. The third-order valence-electron chi connectivity index (χ3n) is 10.9. The van der Waals surface area contributed by atoms with Gasteiger partial charge in [0.2, 0.25) is 11.7 Å². The molecule has 0 radical (unpaired) electrons. The standard InChI is InChI=1S/C40H65NO8Si/c1-12-23-46-26-32(49-50(10,11)40(5,6)7)27-47-35-25-31(24-34(44-8)37(35)45-9)36(30-19-15-14-16-20-30)38(42)41-22-18-17-21-33(41)39(43)48-29(4)28(3)13-2/h12-13,24-25,28-30,32-33,36H,1-2,14-23,26-27H2,3-11H3/t28-,29-,32-,33+,36+/m1/s1. The van der Waals surface area contributed by atoms with Crippen molar-refractivity contribution in [3.8, 4) is 17.2 Å². The van der Waals surface area contributed by atoms with Crippen LogP contribution in [0.15, 0.2) is 37.4 Å². The van der Waals surface area contributed by atoms with Crippen LogP contribution in [0.2, 0.25) is 18.1 Å². The number of hydrogen-bond acceptors (Lipinski definition) is 8. The number of rotatable bonds is 18. The summed E-state index contributed by atoms with van der Waals surface area (Å²) in [5.74, 6) is 0.668. The van der Waals surface area contributed by atoms with E-state index in [1.54, 1.807) is 31.3 Å². The number of likely N-dealkylation sites (tertiary alicyclic amines) is 1. The molecule has 1 saturated heterocycles. The van der Waals surface area contributed by atoms with Gasteiger partial charge in [0.1, 0.15) is 24.9 Å². The molecule has 0 spiro atoms. The Balaban J connectivity index is 2.02. The van der Waals surface area contributed by atoms with Crippen molar-refractivity contribution in [3.63, 3.8) is 0 Å². The molecule has 1 saturated carbocycles. The second kappa shape index (κ2) is 19.1. The maximum atomic E-state index is 14.9. The SMILES string of the molecule is C=CCOC[C@H](COc1cc([C@@H](C(=O)N2CCCC[C@H]2C(=O)O[C@H](C)[C@H](C)C=C)C2CCCCC2)cc(OC)c1OC)O[Si](C)(C)C(C)(C)C. The van der Waals surface area contributed by atoms with E-state index in [2.05, 4.69) is 47.0 Å². The minimum absolute atomic E-state index is 0.00122. The van der Waals surface area contributed by atoms with Gasteiger partial charge in [-0.15, -0.1) is 13.2 Å². The van der Waals surface area contributed by atoms with Crippen molar-refractivity contribution < 1.29 is 37.7 Å². The fourth-order valence-electron chi connectivity index (χ4n) is 6.68. The van der Waals surface area contributed by atoms with Gasteiger partial charge in [-0.2, -0.15) is 0 Å². The average molecular weight is 716 g/mol. The minimum Gasteiger partial charge on any atom is -0.493 e. The molecule has 0 aromatic heterocycles. The maximum absolute atomic E-state index is 14.9. The summed E-state index contributed by atoms with van der Waals surface area (Å²) in [7, 11) is 1.02. The number of carbonyl (C=O) groups is 2. The topological polar surface area (TPSA) is 92.8 Å². The van der Waals surface area contributed by atoms with Crippen molar-refractivity contribution in [3.05, 3.63) is 43.0 Å². The Morgan fingerprint density at radius 2 is 1.62 bits per heavy atom. The van der Waals surface area contributed by atoms with Crippen molar-refractivity contribution in [1.29, 1.82) is 0 Å². The van der Waals surface area contributed by atoms with Crippen LogP contribution in [0.5, 0.6) is 17.2 Å². The Hall–Kier alpha value is -2.82. The Morgan fingerprint density at radius 1 is 0.960 bits per heavy atom. The lowest BCUT2D eigenvalue weighted by Gasteiger charge is -2.40. The Bertz CT molecular complexity index is 1270. The molecule has 1 amide bonds. The fourth-order valence-corrected chi connectivity index (χ4v) is 8.00. The number of piperidine rings is 1. The predicted octanol–water partition coefficient (Wildman–Crippen LogP) is 8.47. The normalized spacial score (nSPS) is 19.9. The van der Waals surface area contributed by atoms with Crippen LogP contribution in [0.4, 0.5) is 0 Å². The number of ether oxygens (including phenoxy) is 5. The Labute approximate surface area is 303 Å². The molecule has 1 heterocycles. The lowest BCUT2D eigenvalue weighted by molar-refractivity contribution is -0.163. The monoisotopic (exact) mass is 715 g/mol. The average Bonchev–Trinajstić information content (AvgIpc) is 3.09. The zero-order valence-corrected chi connectivity index (χ0v) is 33.4. The van der Waals surface area contributed by atoms with E-state index in [4.69, 9.17) is 28.1 Å². The summed E-state index contributed by atoms with van der Waals surface area (Å²) < 4.78 is 36.7. The first kappa shape index (κ1) is 41.6. The largest absolute Gasteiger partial charge is 0.493 e. The van der Waals surface area contributed by atoms with Gasteiger partial charge in [-0.25, -0.2) is 4.79 Å². The summed E-state index contributed by atoms with van der Waals surface area (Å²) in [6.45, 7) is 24.0. The molecule has 1 aromatic rings. The molecule has 0 unspecified atom stereocenters. The second-order valence-electron chi connectivity index (χ2n) is 15.5. The highest BCUT2D eigenvalue weighted by molar-refractivity contribution is 6.74. The summed E-state index contributed by atoms with van der Waals surface area (Å²) in [5.41, 5.74) is 0.797. The molecule has 9 nitrogen and oxygen atoms in total. The molecule has 2 fully saturated rings. The van der Waals surface area contributed by atoms with E-state index in [-0.39, 0.29) is 47.6 Å². The summed E-state index contributed by atoms with van der Waals surface area (Å²) >= 11 is 0. The molecule has 0 N–H and O–H groups in total. The maximum Gasteiger partial charge on any atom is 0.329 e. The summed E-state index contributed by atoms with van der Waals surface area (Å²) in [6, 6.07) is 3.21. The molecule has 1 aliphatic carbocycles. The molecule has 5 atom stereocenters. The summed E-state index contributed by atoms with van der Waals surface area (Å²) in [5, 5.41) is -0.00122. The van der Waals surface area contributed by atoms with E-state index in [1.807, 2.05) is 26.0 Å². The number of methoxy groups -OCH3 is 2. The highest BCUT2D eigenvalue weighted by Crippen LogP contribution is 2.45. The van der Waals surface area contributed by atoms with Crippen LogP contribution in [-0.2, 0) is 23.5 Å². The molecule has 1 aromatic carbocycles. The van der Waals surface area contributed by atoms with Crippen molar-refractivity contribution in [2.45, 2.75) is 128 Å². The zero-order valence-electron chi connectivity index (χ0n) is 32.4. The first-order chi connectivity index (χ1) is 23.7. The van der Waals surface area contributed by atoms with Gasteiger partial charge in [0.05, 0.1) is 33.4 Å². The predicted molar refractivity (Wildman–Crippen MR) is 202 cm³/mol. The molecular formula is C40H65NO8Si. The van der Waals surface area contributed by atoms with Gasteiger partial charge in [0.15, 0.2) is 19.8 Å². The summed E-state index contributed by atoms with van der Waals surface area (Å²) in [4.78, 5) is 30.2. The van der Waals surface area contributed by atoms with Gasteiger partial charge in [-0.3, -0.25) is 4.79 Å². The fraction of sp³-hybridized carbons (Fsp3) is 0.700. The van der Waals surface area contributed by atoms with Crippen LogP contribution in [-0.4, -0.2) is 83.9 Å². The second-order valence-corrected chi connectivity index (χ2v) is 20.3. The first-order valence-corrected chi connectivity index (χ1v) is 21.5. The lowest BCUT2D eigenvalue weighted by atomic mass is 9.75. The smallest absolute Gasteiger partial charge is 0.329 e. The van der Waals surface area contributed by atoms with Crippen LogP contribution in [0, 0.1) is 11.8 Å². The molecule has 50 heavy (non-hydrogen) atoms. The molecule has 282 valence electrons. The van der Waals surface area contributed by atoms with Gasteiger partial charge in [0.25, 0.3) is 0 Å². The number of hydrogen-bond donors (Lipinski definition) is 0. The van der Waals surface area contributed by atoms with Gasteiger partial charge < -0.3 is 33.0 Å². The quantitative estimate of drug-likeness (QED) is 0.0647. The molecule has 1 aliphatic heterocycles. The summed E-state index contributed by atoms with van der Waals surface area (Å²) in [6.07, 6.45) is 10.3. The van der Waals surface area contributed by atoms with Crippen LogP contribution in [0.1, 0.15) is 97.5 Å². The van der Waals surface area contributed by atoms with Crippen LogP contribution in [0.3, 0.4) is 0 Å². The minimum atomic E-state index is -2.16. The van der Waals surface area contributed by atoms with Crippen LogP contribution < -0.4 is 14.2 Å². The third-order valence-corrected chi connectivity index (χ3v) is 15.5. The molecule has 0 bridgehead atoms. The highest BCUT2D eigenvalue weighted by Gasteiger charge is 2.42. The van der Waals surface area contributed by atoms with Crippen molar-refractivity contribution in [1.82, 2.24) is 4.90 Å². The number of amides is 1. The van der Waals surface area contributed by atoms with E-state index in [0.717, 1.165) is 50.5 Å². The first-order valence-electron chi connectivity index (χ1n) is 18.6. The Kier molecular flexibility index (Phi) is 15.9. The van der Waals surface area contributed by atoms with Gasteiger partial charge >= 0.3 is 5.97 Å². The van der Waals surface area contributed by atoms with Gasteiger partial charge in [-0.1, -0.05) is 59.1 Å². The Morgan fingerprint density at radius 3 is 2.22 bits per heavy atom. The van der Waals surface area contributed by atoms with Gasteiger partial charge in [0, 0.05) is 12.5 Å².